The van der Waals surface area contributed by atoms with Gasteiger partial charge >= 0.3 is 6.09 Å². The Morgan fingerprint density at radius 1 is 1.32 bits per heavy atom. The predicted octanol–water partition coefficient (Wildman–Crippen LogP) is 3.75. The van der Waals surface area contributed by atoms with Crippen LogP contribution in [0.1, 0.15) is 31.1 Å². The lowest BCUT2D eigenvalue weighted by Gasteiger charge is -2.24. The lowest BCUT2D eigenvalue weighted by molar-refractivity contribution is 0.101. The van der Waals surface area contributed by atoms with E-state index < -0.39 is 5.54 Å². The molecule has 22 heavy (non-hydrogen) atoms. The lowest BCUT2D eigenvalue weighted by Crippen LogP contribution is -2.42. The molecule has 0 N–H and O–H groups in total. The zero-order valence-electron chi connectivity index (χ0n) is 12.6. The molecule has 0 saturated carbocycles. The summed E-state index contributed by atoms with van der Waals surface area (Å²) in [6.45, 7) is 5.78. The number of aromatic nitrogens is 1. The maximum absolute atomic E-state index is 11.9. The molecular formula is C16H16N2O3S. The van der Waals surface area contributed by atoms with Crippen molar-refractivity contribution < 1.29 is 14.3 Å². The molecule has 0 bridgehead atoms. The summed E-state index contributed by atoms with van der Waals surface area (Å²) in [5.74, 6) is 0.0343. The van der Waals surface area contributed by atoms with Crippen molar-refractivity contribution in [2.24, 2.45) is 0 Å². The second-order valence-electron chi connectivity index (χ2n) is 5.85. The van der Waals surface area contributed by atoms with Gasteiger partial charge in [0.15, 0.2) is 10.9 Å². The van der Waals surface area contributed by atoms with Crippen LogP contribution >= 0.6 is 11.3 Å². The van der Waals surface area contributed by atoms with Gasteiger partial charge in [-0.3, -0.25) is 4.79 Å². The molecule has 1 aliphatic rings. The molecule has 0 aliphatic carbocycles. The number of cyclic esters (lactones) is 1. The number of hydrogen-bond acceptors (Lipinski definition) is 5. The highest BCUT2D eigenvalue weighted by atomic mass is 32.1. The first-order chi connectivity index (χ1) is 10.4. The van der Waals surface area contributed by atoms with Gasteiger partial charge in [0, 0.05) is 16.5 Å². The van der Waals surface area contributed by atoms with Crippen LogP contribution in [0.25, 0.3) is 11.3 Å². The van der Waals surface area contributed by atoms with Gasteiger partial charge in [0.2, 0.25) is 0 Å². The van der Waals surface area contributed by atoms with Crippen LogP contribution in [-0.4, -0.2) is 29.0 Å². The molecular weight excluding hydrogens is 300 g/mol. The molecule has 1 aromatic heterocycles. The third-order valence-corrected chi connectivity index (χ3v) is 4.43. The maximum atomic E-state index is 11.9. The molecule has 6 heteroatoms. The summed E-state index contributed by atoms with van der Waals surface area (Å²) in [6, 6.07) is 7.29. The topological polar surface area (TPSA) is 59.5 Å². The van der Waals surface area contributed by atoms with Crippen molar-refractivity contribution in [3.63, 3.8) is 0 Å². The minimum absolute atomic E-state index is 0.0343. The number of amides is 1. The van der Waals surface area contributed by atoms with Crippen LogP contribution in [0.2, 0.25) is 0 Å². The first kappa shape index (κ1) is 14.7. The fourth-order valence-electron chi connectivity index (χ4n) is 2.33. The first-order valence-electron chi connectivity index (χ1n) is 6.92. The smallest absolute Gasteiger partial charge is 0.416 e. The normalized spacial score (nSPS) is 16.7. The number of ether oxygens (including phenoxy) is 1. The Morgan fingerprint density at radius 2 is 2.00 bits per heavy atom. The van der Waals surface area contributed by atoms with E-state index in [1.807, 2.05) is 31.4 Å². The van der Waals surface area contributed by atoms with Crippen molar-refractivity contribution in [1.82, 2.24) is 4.98 Å². The molecule has 1 aromatic carbocycles. The van der Waals surface area contributed by atoms with Gasteiger partial charge in [0.1, 0.15) is 6.61 Å². The Kier molecular flexibility index (Phi) is 3.48. The molecule has 1 aliphatic heterocycles. The second-order valence-corrected chi connectivity index (χ2v) is 6.69. The third kappa shape index (κ3) is 2.50. The zero-order valence-corrected chi connectivity index (χ0v) is 13.4. The van der Waals surface area contributed by atoms with Gasteiger partial charge in [-0.2, -0.15) is 0 Å². The van der Waals surface area contributed by atoms with E-state index in [0.29, 0.717) is 17.3 Å². The van der Waals surface area contributed by atoms with Crippen molar-refractivity contribution in [3.05, 3.63) is 35.2 Å². The van der Waals surface area contributed by atoms with E-state index in [9.17, 15) is 9.59 Å². The van der Waals surface area contributed by atoms with Crippen molar-refractivity contribution in [2.45, 2.75) is 26.3 Å². The summed E-state index contributed by atoms with van der Waals surface area (Å²) >= 11 is 1.41. The predicted molar refractivity (Wildman–Crippen MR) is 85.5 cm³/mol. The molecule has 5 nitrogen and oxygen atoms in total. The Morgan fingerprint density at radius 3 is 2.55 bits per heavy atom. The molecule has 2 aromatic rings. The van der Waals surface area contributed by atoms with Crippen molar-refractivity contribution >= 4 is 28.3 Å². The van der Waals surface area contributed by atoms with E-state index >= 15 is 0 Å². The molecule has 0 radical (unpaired) electrons. The van der Waals surface area contributed by atoms with Crippen LogP contribution < -0.4 is 4.90 Å². The van der Waals surface area contributed by atoms with Gasteiger partial charge < -0.3 is 4.74 Å². The zero-order chi connectivity index (χ0) is 15.9. The highest BCUT2D eigenvalue weighted by molar-refractivity contribution is 7.14. The molecule has 1 amide bonds. The summed E-state index contributed by atoms with van der Waals surface area (Å²) in [5, 5.41) is 2.53. The van der Waals surface area contributed by atoms with Gasteiger partial charge in [0.25, 0.3) is 0 Å². The number of thiazole rings is 1. The van der Waals surface area contributed by atoms with Crippen LogP contribution in [0, 0.1) is 0 Å². The molecule has 1 saturated heterocycles. The number of ketones is 1. The number of carbonyl (C=O) groups excluding carboxylic acids is 2. The van der Waals surface area contributed by atoms with Crippen molar-refractivity contribution in [2.75, 3.05) is 11.5 Å². The molecule has 0 atom stereocenters. The number of nitrogens with zero attached hydrogens (tertiary/aromatic N) is 2. The lowest BCUT2D eigenvalue weighted by atomic mass is 10.1. The number of anilines is 1. The number of benzene rings is 1. The van der Waals surface area contributed by atoms with E-state index in [0.717, 1.165) is 11.3 Å². The number of Topliss-reactive ketones (excluding diaryl/α,β-unsaturated/α-hetero) is 1. The first-order valence-corrected chi connectivity index (χ1v) is 7.80. The Labute approximate surface area is 132 Å². The average molecular weight is 316 g/mol. The molecule has 3 rings (SSSR count). The minimum Gasteiger partial charge on any atom is -0.447 e. The van der Waals surface area contributed by atoms with Gasteiger partial charge in [-0.25, -0.2) is 14.7 Å². The number of carbonyl (C=O) groups is 2. The number of hydrogen-bond donors (Lipinski definition) is 0. The van der Waals surface area contributed by atoms with Crippen molar-refractivity contribution in [3.8, 4) is 11.3 Å². The summed E-state index contributed by atoms with van der Waals surface area (Å²) in [7, 11) is 0. The third-order valence-electron chi connectivity index (χ3n) is 3.61. The quantitative estimate of drug-likeness (QED) is 0.809. The van der Waals surface area contributed by atoms with Gasteiger partial charge in [-0.05, 0) is 20.8 Å². The van der Waals surface area contributed by atoms with Crippen LogP contribution in [0.5, 0.6) is 0 Å². The number of rotatable bonds is 3. The Balaban J connectivity index is 1.91. The SMILES string of the molecule is CC(=O)c1ccc(-c2csc(N3C(=O)OCC3(C)C)n2)cc1. The van der Waals surface area contributed by atoms with E-state index in [1.54, 1.807) is 17.0 Å². The van der Waals surface area contributed by atoms with E-state index in [1.165, 1.54) is 18.3 Å². The van der Waals surface area contributed by atoms with Crippen LogP contribution in [0.15, 0.2) is 29.6 Å². The van der Waals surface area contributed by atoms with Crippen molar-refractivity contribution in [1.29, 1.82) is 0 Å². The monoisotopic (exact) mass is 316 g/mol. The van der Waals surface area contributed by atoms with Gasteiger partial charge in [-0.1, -0.05) is 24.3 Å². The van der Waals surface area contributed by atoms with Crippen LogP contribution in [0.3, 0.4) is 0 Å². The standard InChI is InChI=1S/C16H16N2O3S/c1-10(19)11-4-6-12(7-5-11)13-8-22-14(17-13)18-15(20)21-9-16(18,2)3/h4-8H,9H2,1-3H3. The largest absolute Gasteiger partial charge is 0.447 e. The van der Waals surface area contributed by atoms with E-state index in [-0.39, 0.29) is 11.9 Å². The maximum Gasteiger partial charge on any atom is 0.416 e. The highest BCUT2D eigenvalue weighted by Gasteiger charge is 2.42. The van der Waals surface area contributed by atoms with Gasteiger partial charge in [0.05, 0.1) is 11.2 Å². The second kappa shape index (κ2) is 5.21. The molecule has 114 valence electrons. The summed E-state index contributed by atoms with van der Waals surface area (Å²) in [5.41, 5.74) is 1.97. The summed E-state index contributed by atoms with van der Waals surface area (Å²) in [4.78, 5) is 29.3. The molecule has 1 fully saturated rings. The van der Waals surface area contributed by atoms with E-state index in [4.69, 9.17) is 4.74 Å². The van der Waals surface area contributed by atoms with Crippen LogP contribution in [-0.2, 0) is 4.74 Å². The summed E-state index contributed by atoms with van der Waals surface area (Å²) in [6.07, 6.45) is -0.363. The van der Waals surface area contributed by atoms with Gasteiger partial charge in [-0.15, -0.1) is 11.3 Å². The fraction of sp³-hybridized carbons (Fsp3) is 0.312. The molecule has 2 heterocycles. The average Bonchev–Trinajstić information content (AvgIpc) is 3.04. The van der Waals surface area contributed by atoms with E-state index in [2.05, 4.69) is 4.98 Å². The minimum atomic E-state index is -0.398. The highest BCUT2D eigenvalue weighted by Crippen LogP contribution is 2.35. The Hall–Kier alpha value is -2.21. The summed E-state index contributed by atoms with van der Waals surface area (Å²) < 4.78 is 5.11. The Bertz CT molecular complexity index is 734. The van der Waals surface area contributed by atoms with Crippen LogP contribution in [0.4, 0.5) is 9.93 Å². The fourth-order valence-corrected chi connectivity index (χ4v) is 3.31. The molecule has 0 unspecified atom stereocenters. The molecule has 0 spiro atoms.